The van der Waals surface area contributed by atoms with Crippen molar-refractivity contribution in [2.75, 3.05) is 18.0 Å². The molecule has 0 bridgehead atoms. The molecular weight excluding hydrogens is 290 g/mol. The minimum atomic E-state index is -0.443. The number of halogens is 1. The Kier molecular flexibility index (Phi) is 6.84. The van der Waals surface area contributed by atoms with Crippen LogP contribution in [0.25, 0.3) is 0 Å². The molecule has 1 amide bonds. The number of anilines is 1. The number of nitrogens with two attached hydrogens (primary N) is 1. The topological polar surface area (TPSA) is 84.1 Å². The first-order valence-electron chi connectivity index (χ1n) is 7.22. The van der Waals surface area contributed by atoms with Gasteiger partial charge in [0.15, 0.2) is 0 Å². The highest BCUT2D eigenvalue weighted by molar-refractivity contribution is 5.85. The fourth-order valence-electron chi connectivity index (χ4n) is 2.34. The second kappa shape index (κ2) is 8.14. The van der Waals surface area contributed by atoms with Crippen molar-refractivity contribution in [2.24, 2.45) is 5.73 Å². The van der Waals surface area contributed by atoms with Crippen LogP contribution < -0.4 is 16.0 Å². The highest BCUT2D eigenvalue weighted by atomic mass is 35.5. The van der Waals surface area contributed by atoms with Gasteiger partial charge < -0.3 is 16.0 Å². The lowest BCUT2D eigenvalue weighted by Crippen LogP contribution is -2.49. The molecule has 2 rings (SSSR count). The Morgan fingerprint density at radius 3 is 2.71 bits per heavy atom. The van der Waals surface area contributed by atoms with Crippen molar-refractivity contribution < 1.29 is 4.79 Å². The van der Waals surface area contributed by atoms with E-state index in [2.05, 4.69) is 27.1 Å². The first kappa shape index (κ1) is 17.7. The maximum Gasteiger partial charge on any atom is 0.236 e. The predicted molar refractivity (Wildman–Crippen MR) is 85.7 cm³/mol. The molecule has 3 N–H and O–H groups in total. The van der Waals surface area contributed by atoms with Crippen LogP contribution in [-0.4, -0.2) is 41.0 Å². The summed E-state index contributed by atoms with van der Waals surface area (Å²) in [6, 6.07) is 1.82. The predicted octanol–water partition coefficient (Wildman–Crippen LogP) is 0.893. The van der Waals surface area contributed by atoms with E-state index in [1.807, 2.05) is 6.07 Å². The summed E-state index contributed by atoms with van der Waals surface area (Å²) >= 11 is 0. The molecule has 118 valence electrons. The second-order valence-corrected chi connectivity index (χ2v) is 5.28. The van der Waals surface area contributed by atoms with Crippen LogP contribution in [0.5, 0.6) is 0 Å². The third-order valence-electron chi connectivity index (χ3n) is 3.65. The summed E-state index contributed by atoms with van der Waals surface area (Å²) in [4.78, 5) is 22.4. The van der Waals surface area contributed by atoms with E-state index >= 15 is 0 Å². The Hall–Kier alpha value is -1.40. The molecule has 0 spiro atoms. The zero-order chi connectivity index (χ0) is 14.5. The molecule has 1 saturated heterocycles. The Bertz CT molecular complexity index is 460. The van der Waals surface area contributed by atoms with Crippen LogP contribution in [0.3, 0.4) is 0 Å². The van der Waals surface area contributed by atoms with Crippen LogP contribution in [0.4, 0.5) is 5.82 Å². The van der Waals surface area contributed by atoms with Gasteiger partial charge in [-0.1, -0.05) is 6.92 Å². The summed E-state index contributed by atoms with van der Waals surface area (Å²) in [5.41, 5.74) is 6.62. The molecular formula is C14H24ClN5O. The molecule has 0 saturated carbocycles. The van der Waals surface area contributed by atoms with E-state index in [1.54, 1.807) is 13.3 Å². The van der Waals surface area contributed by atoms with Crippen LogP contribution in [0, 0.1) is 0 Å². The van der Waals surface area contributed by atoms with Gasteiger partial charge in [-0.05, 0) is 26.2 Å². The minimum Gasteiger partial charge on any atom is -0.356 e. The molecule has 2 heterocycles. The van der Waals surface area contributed by atoms with Crippen molar-refractivity contribution in [3.63, 3.8) is 0 Å². The number of hydrogen-bond donors (Lipinski definition) is 2. The molecule has 21 heavy (non-hydrogen) atoms. The van der Waals surface area contributed by atoms with Crippen LogP contribution in [0.2, 0.25) is 0 Å². The van der Waals surface area contributed by atoms with Crippen molar-refractivity contribution in [3.8, 4) is 0 Å². The molecule has 1 aromatic heterocycles. The fraction of sp³-hybridized carbons (Fsp3) is 0.643. The summed E-state index contributed by atoms with van der Waals surface area (Å²) in [6.07, 6.45) is 4.38. The molecule has 1 aliphatic rings. The highest BCUT2D eigenvalue weighted by Crippen LogP contribution is 2.18. The van der Waals surface area contributed by atoms with Crippen LogP contribution >= 0.6 is 12.4 Å². The molecule has 0 aliphatic carbocycles. The summed E-state index contributed by atoms with van der Waals surface area (Å²) in [6.45, 7) is 5.58. The van der Waals surface area contributed by atoms with E-state index in [1.165, 1.54) is 0 Å². The zero-order valence-electron chi connectivity index (χ0n) is 12.6. The summed E-state index contributed by atoms with van der Waals surface area (Å²) in [7, 11) is 0. The zero-order valence-corrected chi connectivity index (χ0v) is 13.4. The number of piperidine rings is 1. The maximum atomic E-state index is 11.6. The van der Waals surface area contributed by atoms with E-state index in [-0.39, 0.29) is 24.4 Å². The molecule has 1 aromatic rings. The smallest absolute Gasteiger partial charge is 0.236 e. The molecule has 1 fully saturated rings. The first-order valence-corrected chi connectivity index (χ1v) is 7.22. The van der Waals surface area contributed by atoms with Gasteiger partial charge in [-0.15, -0.1) is 12.4 Å². The van der Waals surface area contributed by atoms with Crippen LogP contribution in [0.1, 0.15) is 32.4 Å². The number of aryl methyl sites for hydroxylation is 1. The third kappa shape index (κ3) is 4.82. The van der Waals surface area contributed by atoms with Crippen molar-refractivity contribution in [1.82, 2.24) is 15.3 Å². The van der Waals surface area contributed by atoms with Crippen LogP contribution in [-0.2, 0) is 11.2 Å². The third-order valence-corrected chi connectivity index (χ3v) is 3.65. The molecule has 1 aliphatic heterocycles. The van der Waals surface area contributed by atoms with Gasteiger partial charge in [-0.2, -0.15) is 0 Å². The van der Waals surface area contributed by atoms with E-state index in [0.717, 1.165) is 43.9 Å². The van der Waals surface area contributed by atoms with Crippen LogP contribution in [0.15, 0.2) is 12.4 Å². The Balaban J connectivity index is 0.00000220. The van der Waals surface area contributed by atoms with Crippen molar-refractivity contribution in [2.45, 2.75) is 45.2 Å². The number of carbonyl (C=O) groups is 1. The summed E-state index contributed by atoms with van der Waals surface area (Å²) in [5, 5.41) is 2.99. The maximum absolute atomic E-state index is 11.6. The summed E-state index contributed by atoms with van der Waals surface area (Å²) in [5.74, 6) is 0.910. The molecule has 1 unspecified atom stereocenters. The number of nitrogens with one attached hydrogen (secondary N) is 1. The van der Waals surface area contributed by atoms with Crippen molar-refractivity contribution in [3.05, 3.63) is 18.1 Å². The minimum absolute atomic E-state index is 0. The number of amides is 1. The number of rotatable bonds is 4. The Labute approximate surface area is 131 Å². The van der Waals surface area contributed by atoms with Crippen molar-refractivity contribution >= 4 is 24.1 Å². The highest BCUT2D eigenvalue weighted by Gasteiger charge is 2.22. The van der Waals surface area contributed by atoms with Crippen molar-refractivity contribution in [1.29, 1.82) is 0 Å². The van der Waals surface area contributed by atoms with Gasteiger partial charge >= 0.3 is 0 Å². The number of carbonyl (C=O) groups excluding carboxylic acids is 1. The largest absolute Gasteiger partial charge is 0.356 e. The lowest BCUT2D eigenvalue weighted by atomic mass is 10.0. The monoisotopic (exact) mass is 313 g/mol. The quantitative estimate of drug-likeness (QED) is 0.862. The summed E-state index contributed by atoms with van der Waals surface area (Å²) < 4.78 is 0. The standard InChI is InChI=1S/C14H23N5O.ClH/c1-3-11-8-13(17-9-16-11)19-6-4-12(5-7-19)18-14(20)10(2)15;/h8-10,12H,3-7,15H2,1-2H3,(H,18,20);1H. The van der Waals surface area contributed by atoms with E-state index in [9.17, 15) is 4.79 Å². The van der Waals surface area contributed by atoms with E-state index in [0.29, 0.717) is 0 Å². The van der Waals surface area contributed by atoms with Gasteiger partial charge in [-0.25, -0.2) is 9.97 Å². The van der Waals surface area contributed by atoms with E-state index in [4.69, 9.17) is 5.73 Å². The average molecular weight is 314 g/mol. The number of aromatic nitrogens is 2. The lowest BCUT2D eigenvalue weighted by molar-refractivity contribution is -0.122. The van der Waals surface area contributed by atoms with Gasteiger partial charge in [0.2, 0.25) is 5.91 Å². The van der Waals surface area contributed by atoms with E-state index < -0.39 is 6.04 Å². The molecule has 0 aromatic carbocycles. The number of hydrogen-bond acceptors (Lipinski definition) is 5. The van der Waals surface area contributed by atoms with Gasteiger partial charge in [0.1, 0.15) is 12.1 Å². The van der Waals surface area contributed by atoms with Gasteiger partial charge in [0, 0.05) is 30.9 Å². The Morgan fingerprint density at radius 2 is 2.14 bits per heavy atom. The van der Waals surface area contributed by atoms with Gasteiger partial charge in [0.05, 0.1) is 6.04 Å². The second-order valence-electron chi connectivity index (χ2n) is 5.28. The SMILES string of the molecule is CCc1cc(N2CCC(NC(=O)C(C)N)CC2)ncn1.Cl. The Morgan fingerprint density at radius 1 is 1.48 bits per heavy atom. The molecule has 0 radical (unpaired) electrons. The van der Waals surface area contributed by atoms with Gasteiger partial charge in [-0.3, -0.25) is 4.79 Å². The molecule has 1 atom stereocenters. The molecule has 7 heteroatoms. The number of nitrogens with zero attached hydrogens (tertiary/aromatic N) is 3. The fourth-order valence-corrected chi connectivity index (χ4v) is 2.34. The first-order chi connectivity index (χ1) is 9.60. The molecule has 6 nitrogen and oxygen atoms in total. The lowest BCUT2D eigenvalue weighted by Gasteiger charge is -2.33. The van der Waals surface area contributed by atoms with Gasteiger partial charge in [0.25, 0.3) is 0 Å². The normalized spacial score (nSPS) is 17.0. The average Bonchev–Trinajstić information content (AvgIpc) is 2.48.